The smallest absolute Gasteiger partial charge is 0.180 e. The first-order valence-corrected chi connectivity index (χ1v) is 9.17. The summed E-state index contributed by atoms with van der Waals surface area (Å²) in [5, 5.41) is 9.91. The summed E-state index contributed by atoms with van der Waals surface area (Å²) in [5.41, 5.74) is 1.44. The fourth-order valence-electron chi connectivity index (χ4n) is 4.54. The lowest BCUT2D eigenvalue weighted by Gasteiger charge is -2.32. The first-order valence-electron chi connectivity index (χ1n) is 9.17. The Morgan fingerprint density at radius 1 is 1.12 bits per heavy atom. The minimum Gasteiger partial charge on any atom is -0.292 e. The van der Waals surface area contributed by atoms with E-state index in [0.717, 1.165) is 25.2 Å². The summed E-state index contributed by atoms with van der Waals surface area (Å²) in [5.74, 6) is 0.135. The lowest BCUT2D eigenvalue weighted by molar-refractivity contribution is 0.0759. The highest BCUT2D eigenvalue weighted by Gasteiger charge is 2.56. The van der Waals surface area contributed by atoms with Gasteiger partial charge in [0.2, 0.25) is 0 Å². The Labute approximate surface area is 154 Å². The van der Waals surface area contributed by atoms with E-state index in [0.29, 0.717) is 6.42 Å². The van der Waals surface area contributed by atoms with Crippen LogP contribution in [0.15, 0.2) is 60.7 Å². The van der Waals surface area contributed by atoms with Gasteiger partial charge in [-0.05, 0) is 18.9 Å². The number of nitriles is 1. The van der Waals surface area contributed by atoms with Crippen LogP contribution < -0.4 is 0 Å². The second-order valence-electron chi connectivity index (χ2n) is 7.55. The Kier molecular flexibility index (Phi) is 4.36. The molecule has 132 valence electrons. The van der Waals surface area contributed by atoms with Crippen molar-refractivity contribution < 1.29 is 4.79 Å². The molecule has 3 unspecified atom stereocenters. The first kappa shape index (κ1) is 17.0. The molecule has 26 heavy (non-hydrogen) atoms. The average molecular weight is 345 g/mol. The van der Waals surface area contributed by atoms with Crippen LogP contribution in [0.5, 0.6) is 0 Å². The van der Waals surface area contributed by atoms with Crippen molar-refractivity contribution in [3.63, 3.8) is 0 Å². The van der Waals surface area contributed by atoms with E-state index in [4.69, 9.17) is 0 Å². The van der Waals surface area contributed by atoms with Gasteiger partial charge in [0, 0.05) is 25.2 Å². The molecule has 4 nitrogen and oxygen atoms in total. The Bertz CT molecular complexity index is 829. The van der Waals surface area contributed by atoms with Crippen LogP contribution in [0.2, 0.25) is 0 Å². The summed E-state index contributed by atoms with van der Waals surface area (Å²) in [6, 6.07) is 22.1. The minimum atomic E-state index is -0.541. The third-order valence-corrected chi connectivity index (χ3v) is 5.74. The van der Waals surface area contributed by atoms with Crippen molar-refractivity contribution in [1.82, 2.24) is 9.80 Å². The van der Waals surface area contributed by atoms with Crippen LogP contribution in [0.25, 0.3) is 0 Å². The molecule has 2 aliphatic rings. The van der Waals surface area contributed by atoms with Crippen LogP contribution >= 0.6 is 0 Å². The molecule has 2 aliphatic heterocycles. The largest absolute Gasteiger partial charge is 0.292 e. The van der Waals surface area contributed by atoms with E-state index in [1.165, 1.54) is 5.56 Å². The third-order valence-electron chi connectivity index (χ3n) is 5.74. The number of hydrogen-bond donors (Lipinski definition) is 0. The van der Waals surface area contributed by atoms with Gasteiger partial charge in [-0.1, -0.05) is 60.7 Å². The van der Waals surface area contributed by atoms with Crippen molar-refractivity contribution in [3.8, 4) is 6.07 Å². The highest BCUT2D eigenvalue weighted by Crippen LogP contribution is 2.45. The molecule has 4 heteroatoms. The zero-order valence-corrected chi connectivity index (χ0v) is 15.0. The van der Waals surface area contributed by atoms with Gasteiger partial charge in [-0.3, -0.25) is 14.6 Å². The fourth-order valence-corrected chi connectivity index (χ4v) is 4.54. The van der Waals surface area contributed by atoms with E-state index in [9.17, 15) is 10.1 Å². The Hall–Kier alpha value is -2.48. The summed E-state index contributed by atoms with van der Waals surface area (Å²) < 4.78 is 0. The van der Waals surface area contributed by atoms with Crippen molar-refractivity contribution in [2.24, 2.45) is 5.41 Å². The SMILES string of the molecule is CC1(C#N)CC(C(=O)c2ccccc2)N2CCN(Cc3ccccc3)C21. The summed E-state index contributed by atoms with van der Waals surface area (Å²) in [7, 11) is 0. The van der Waals surface area contributed by atoms with E-state index in [1.807, 2.05) is 55.5 Å². The van der Waals surface area contributed by atoms with Crippen LogP contribution in [0.1, 0.15) is 29.3 Å². The van der Waals surface area contributed by atoms with Crippen LogP contribution in [-0.2, 0) is 6.54 Å². The average Bonchev–Trinajstić information content (AvgIpc) is 3.23. The molecule has 2 fully saturated rings. The molecule has 2 heterocycles. The second-order valence-corrected chi connectivity index (χ2v) is 7.55. The van der Waals surface area contributed by atoms with Gasteiger partial charge in [0.1, 0.15) is 0 Å². The Balaban J connectivity index is 1.61. The molecule has 4 rings (SSSR count). The maximum atomic E-state index is 13.1. The molecule has 0 bridgehead atoms. The highest BCUT2D eigenvalue weighted by molar-refractivity contribution is 6.00. The van der Waals surface area contributed by atoms with Crippen LogP contribution in [0.4, 0.5) is 0 Å². The Morgan fingerprint density at radius 2 is 1.77 bits per heavy atom. The van der Waals surface area contributed by atoms with E-state index < -0.39 is 5.41 Å². The number of Topliss-reactive ketones (excluding diaryl/α,β-unsaturated/α-hetero) is 1. The van der Waals surface area contributed by atoms with E-state index in [2.05, 4.69) is 28.0 Å². The van der Waals surface area contributed by atoms with Gasteiger partial charge in [0.25, 0.3) is 0 Å². The first-order chi connectivity index (χ1) is 12.6. The van der Waals surface area contributed by atoms with Crippen LogP contribution in [0, 0.1) is 16.7 Å². The third kappa shape index (κ3) is 2.84. The fraction of sp³-hybridized carbons (Fsp3) is 0.364. The molecule has 0 saturated carbocycles. The van der Waals surface area contributed by atoms with E-state index in [1.54, 1.807) is 0 Å². The number of ketones is 1. The number of carbonyl (C=O) groups is 1. The summed E-state index contributed by atoms with van der Waals surface area (Å²) in [6.07, 6.45) is 0.582. The van der Waals surface area contributed by atoms with Crippen LogP contribution in [-0.4, -0.2) is 40.9 Å². The van der Waals surface area contributed by atoms with Gasteiger partial charge < -0.3 is 0 Å². The Morgan fingerprint density at radius 3 is 2.42 bits per heavy atom. The number of fused-ring (bicyclic) bond motifs is 1. The van der Waals surface area contributed by atoms with Crippen molar-refractivity contribution in [2.45, 2.75) is 32.1 Å². The molecule has 0 N–H and O–H groups in total. The summed E-state index contributed by atoms with van der Waals surface area (Å²) in [6.45, 7) is 4.53. The molecule has 0 radical (unpaired) electrons. The number of rotatable bonds is 4. The molecule has 2 aromatic rings. The zero-order valence-electron chi connectivity index (χ0n) is 15.0. The summed E-state index contributed by atoms with van der Waals surface area (Å²) >= 11 is 0. The monoisotopic (exact) mass is 345 g/mol. The predicted molar refractivity (Wildman–Crippen MR) is 100 cm³/mol. The number of hydrogen-bond acceptors (Lipinski definition) is 4. The van der Waals surface area contributed by atoms with Crippen LogP contribution in [0.3, 0.4) is 0 Å². The van der Waals surface area contributed by atoms with E-state index in [-0.39, 0.29) is 18.0 Å². The van der Waals surface area contributed by atoms with Crippen molar-refractivity contribution in [1.29, 1.82) is 5.26 Å². The number of carbonyl (C=O) groups excluding carboxylic acids is 1. The number of nitrogens with zero attached hydrogens (tertiary/aromatic N) is 3. The molecule has 2 saturated heterocycles. The topological polar surface area (TPSA) is 47.3 Å². The second kappa shape index (κ2) is 6.68. The normalized spacial score (nSPS) is 28.6. The highest BCUT2D eigenvalue weighted by atomic mass is 16.1. The molecule has 0 amide bonds. The molecule has 2 aromatic carbocycles. The van der Waals surface area contributed by atoms with Gasteiger partial charge in [-0.15, -0.1) is 0 Å². The lowest BCUT2D eigenvalue weighted by atomic mass is 9.84. The zero-order chi connectivity index (χ0) is 18.1. The van der Waals surface area contributed by atoms with Crippen molar-refractivity contribution in [2.75, 3.05) is 13.1 Å². The quantitative estimate of drug-likeness (QED) is 0.798. The molecule has 3 atom stereocenters. The minimum absolute atomic E-state index is 0.00892. The maximum Gasteiger partial charge on any atom is 0.180 e. The summed E-state index contributed by atoms with van der Waals surface area (Å²) in [4.78, 5) is 17.7. The van der Waals surface area contributed by atoms with Gasteiger partial charge in [-0.25, -0.2) is 0 Å². The molecular formula is C22H23N3O. The van der Waals surface area contributed by atoms with Gasteiger partial charge in [0.05, 0.1) is 23.7 Å². The molecular weight excluding hydrogens is 322 g/mol. The molecule has 0 aromatic heterocycles. The predicted octanol–water partition coefficient (Wildman–Crippen LogP) is 3.32. The molecule has 0 aliphatic carbocycles. The van der Waals surface area contributed by atoms with Gasteiger partial charge >= 0.3 is 0 Å². The molecule has 0 spiro atoms. The van der Waals surface area contributed by atoms with Gasteiger partial charge in [0.15, 0.2) is 5.78 Å². The van der Waals surface area contributed by atoms with Gasteiger partial charge in [-0.2, -0.15) is 5.26 Å². The lowest BCUT2D eigenvalue weighted by Crippen LogP contribution is -2.45. The van der Waals surface area contributed by atoms with Crippen molar-refractivity contribution in [3.05, 3.63) is 71.8 Å². The maximum absolute atomic E-state index is 13.1. The van der Waals surface area contributed by atoms with Crippen molar-refractivity contribution >= 4 is 5.78 Å². The van der Waals surface area contributed by atoms with E-state index >= 15 is 0 Å². The standard InChI is InChI=1S/C22H23N3O/c1-22(16-23)14-19(20(26)18-10-6-3-7-11-18)25-13-12-24(21(22)25)15-17-8-4-2-5-9-17/h2-11,19,21H,12-15H2,1H3. The number of benzene rings is 2.